The van der Waals surface area contributed by atoms with Crippen molar-refractivity contribution in [1.82, 2.24) is 10.7 Å². The molecule has 0 aromatic heterocycles. The van der Waals surface area contributed by atoms with E-state index in [4.69, 9.17) is 9.47 Å². The summed E-state index contributed by atoms with van der Waals surface area (Å²) < 4.78 is 10.5. The highest BCUT2D eigenvalue weighted by Crippen LogP contribution is 2.27. The normalized spacial score (nSPS) is 10.7. The average Bonchev–Trinajstić information content (AvgIpc) is 2.69. The molecule has 7 heteroatoms. The third kappa shape index (κ3) is 6.99. The van der Waals surface area contributed by atoms with Crippen LogP contribution < -0.4 is 20.2 Å². The zero-order valence-corrected chi connectivity index (χ0v) is 15.6. The minimum Gasteiger partial charge on any atom is -0.508 e. The molecule has 0 aliphatic rings. The maximum atomic E-state index is 11.7. The van der Waals surface area contributed by atoms with E-state index in [1.807, 2.05) is 18.2 Å². The molecule has 1 amide bonds. The van der Waals surface area contributed by atoms with Gasteiger partial charge in [0.25, 0.3) is 0 Å². The number of carbonyl (C=O) groups is 1. The molecule has 7 nitrogen and oxygen atoms in total. The Hall–Kier alpha value is -3.06. The number of nitrogens with one attached hydrogen (secondary N) is 2. The molecule has 3 N–H and O–H groups in total. The number of phenolic OH excluding ortho intramolecular Hbond substituents is 1. The van der Waals surface area contributed by atoms with Gasteiger partial charge in [-0.25, -0.2) is 5.43 Å². The van der Waals surface area contributed by atoms with Crippen LogP contribution >= 0.6 is 0 Å². The number of amides is 1. The van der Waals surface area contributed by atoms with Crippen LogP contribution in [0.1, 0.15) is 17.5 Å². The molecule has 0 saturated carbocycles. The first-order valence-corrected chi connectivity index (χ1v) is 8.65. The number of hydrogen-bond donors (Lipinski definition) is 3. The smallest absolute Gasteiger partial charge is 0.241 e. The lowest BCUT2D eigenvalue weighted by molar-refractivity contribution is -0.120. The number of aromatic hydroxyl groups is 1. The maximum absolute atomic E-state index is 11.7. The van der Waals surface area contributed by atoms with Crippen molar-refractivity contribution in [3.63, 3.8) is 0 Å². The third-order valence-corrected chi connectivity index (χ3v) is 3.86. The van der Waals surface area contributed by atoms with Gasteiger partial charge >= 0.3 is 0 Å². The largest absolute Gasteiger partial charge is 0.508 e. The Balaban J connectivity index is 1.63. The van der Waals surface area contributed by atoms with Gasteiger partial charge in [0, 0.05) is 13.0 Å². The van der Waals surface area contributed by atoms with Gasteiger partial charge in [0.1, 0.15) is 5.75 Å². The summed E-state index contributed by atoms with van der Waals surface area (Å²) in [6.45, 7) is 1.31. The summed E-state index contributed by atoms with van der Waals surface area (Å²) in [6.07, 6.45) is 2.68. The first kappa shape index (κ1) is 20.3. The van der Waals surface area contributed by atoms with Gasteiger partial charge in [0.05, 0.1) is 20.4 Å². The Morgan fingerprint density at radius 2 is 1.81 bits per heavy atom. The van der Waals surface area contributed by atoms with Crippen LogP contribution in [-0.2, 0) is 11.2 Å². The Morgan fingerprint density at radius 1 is 1.07 bits per heavy atom. The van der Waals surface area contributed by atoms with Crippen molar-refractivity contribution in [3.05, 3.63) is 53.6 Å². The molecule has 0 atom stereocenters. The number of hydrazone groups is 1. The molecule has 0 aliphatic carbocycles. The molecule has 2 rings (SSSR count). The number of rotatable bonds is 10. The van der Waals surface area contributed by atoms with Crippen molar-refractivity contribution in [3.8, 4) is 17.2 Å². The maximum Gasteiger partial charge on any atom is 0.241 e. The van der Waals surface area contributed by atoms with Gasteiger partial charge in [0.2, 0.25) is 5.91 Å². The van der Waals surface area contributed by atoms with Crippen molar-refractivity contribution in [2.75, 3.05) is 27.3 Å². The molecule has 0 heterocycles. The summed E-state index contributed by atoms with van der Waals surface area (Å²) in [5, 5.41) is 16.3. The monoisotopic (exact) mass is 371 g/mol. The Labute approximate surface area is 159 Å². The summed E-state index contributed by atoms with van der Waals surface area (Å²) in [4.78, 5) is 11.7. The van der Waals surface area contributed by atoms with Gasteiger partial charge in [-0.1, -0.05) is 6.07 Å². The molecule has 27 heavy (non-hydrogen) atoms. The topological polar surface area (TPSA) is 92.2 Å². The molecular weight excluding hydrogens is 346 g/mol. The summed E-state index contributed by atoms with van der Waals surface area (Å²) in [6, 6.07) is 12.4. The molecule has 0 fully saturated rings. The highest BCUT2D eigenvalue weighted by molar-refractivity contribution is 5.82. The Bertz CT molecular complexity index is 760. The van der Waals surface area contributed by atoms with E-state index >= 15 is 0 Å². The van der Waals surface area contributed by atoms with Crippen molar-refractivity contribution in [2.45, 2.75) is 12.8 Å². The number of ether oxygens (including phenoxy) is 2. The molecule has 144 valence electrons. The molecule has 0 aliphatic heterocycles. The molecule has 2 aromatic rings. The fourth-order valence-electron chi connectivity index (χ4n) is 2.39. The lowest BCUT2D eigenvalue weighted by Gasteiger charge is -2.10. The Morgan fingerprint density at radius 3 is 2.52 bits per heavy atom. The van der Waals surface area contributed by atoms with Crippen molar-refractivity contribution in [1.29, 1.82) is 0 Å². The third-order valence-electron chi connectivity index (χ3n) is 3.86. The lowest BCUT2D eigenvalue weighted by atomic mass is 10.1. The fourth-order valence-corrected chi connectivity index (χ4v) is 2.39. The SMILES string of the molecule is COc1ccc(CCNCCC(=O)N/N=C\c2ccc(O)cc2)cc1OC. The van der Waals surface area contributed by atoms with Crippen molar-refractivity contribution >= 4 is 12.1 Å². The molecule has 0 unspecified atom stereocenters. The van der Waals surface area contributed by atoms with Crippen LogP contribution in [0.4, 0.5) is 0 Å². The highest BCUT2D eigenvalue weighted by Gasteiger charge is 2.04. The van der Waals surface area contributed by atoms with E-state index in [9.17, 15) is 9.90 Å². The molecular formula is C20H25N3O4. The second-order valence-electron chi connectivity index (χ2n) is 5.82. The zero-order valence-electron chi connectivity index (χ0n) is 15.6. The molecule has 0 saturated heterocycles. The zero-order chi connectivity index (χ0) is 19.5. The summed E-state index contributed by atoms with van der Waals surface area (Å²) in [7, 11) is 3.22. The van der Waals surface area contributed by atoms with Gasteiger partial charge in [-0.05, 0) is 60.5 Å². The van der Waals surface area contributed by atoms with E-state index in [1.54, 1.807) is 38.5 Å². The van der Waals surface area contributed by atoms with Crippen molar-refractivity contribution in [2.24, 2.45) is 5.10 Å². The van der Waals surface area contributed by atoms with Crippen LogP contribution in [0.15, 0.2) is 47.6 Å². The lowest BCUT2D eigenvalue weighted by Crippen LogP contribution is -2.25. The van der Waals surface area contributed by atoms with Crippen LogP contribution in [0, 0.1) is 0 Å². The van der Waals surface area contributed by atoms with Gasteiger partial charge in [-0.2, -0.15) is 5.10 Å². The molecule has 0 bridgehead atoms. The second-order valence-corrected chi connectivity index (χ2v) is 5.82. The van der Waals surface area contributed by atoms with E-state index in [-0.39, 0.29) is 11.7 Å². The number of nitrogens with zero attached hydrogens (tertiary/aromatic N) is 1. The summed E-state index contributed by atoms with van der Waals surface area (Å²) >= 11 is 0. The molecule has 2 aromatic carbocycles. The van der Waals surface area contributed by atoms with Gasteiger partial charge in [0.15, 0.2) is 11.5 Å². The number of hydrogen-bond acceptors (Lipinski definition) is 6. The van der Waals surface area contributed by atoms with Gasteiger partial charge in [-0.3, -0.25) is 4.79 Å². The summed E-state index contributed by atoms with van der Waals surface area (Å²) in [5.74, 6) is 1.44. The first-order chi connectivity index (χ1) is 13.1. The predicted molar refractivity (Wildman–Crippen MR) is 105 cm³/mol. The van der Waals surface area contributed by atoms with E-state index in [2.05, 4.69) is 15.8 Å². The summed E-state index contributed by atoms with van der Waals surface area (Å²) in [5.41, 5.74) is 4.40. The minimum absolute atomic E-state index is 0.163. The number of phenols is 1. The molecule has 0 radical (unpaired) electrons. The van der Waals surface area contributed by atoms with Crippen LogP contribution in [0.3, 0.4) is 0 Å². The number of methoxy groups -OCH3 is 2. The average molecular weight is 371 g/mol. The van der Waals surface area contributed by atoms with E-state index in [0.717, 1.165) is 24.1 Å². The van der Waals surface area contributed by atoms with Crippen LogP contribution in [0.5, 0.6) is 17.2 Å². The second kappa shape index (κ2) is 10.8. The first-order valence-electron chi connectivity index (χ1n) is 8.65. The Kier molecular flexibility index (Phi) is 8.12. The quantitative estimate of drug-likeness (QED) is 0.338. The van der Waals surface area contributed by atoms with E-state index < -0.39 is 0 Å². The van der Waals surface area contributed by atoms with E-state index in [1.165, 1.54) is 6.21 Å². The predicted octanol–water partition coefficient (Wildman–Crippen LogP) is 2.08. The standard InChI is InChI=1S/C20H25N3O4/c1-26-18-8-5-15(13-19(18)27-2)9-11-21-12-10-20(25)23-22-14-16-3-6-17(24)7-4-16/h3-8,13-14,21,24H,9-12H2,1-2H3,(H,23,25)/b22-14-. The van der Waals surface area contributed by atoms with Gasteiger partial charge < -0.3 is 19.9 Å². The van der Waals surface area contributed by atoms with Crippen LogP contribution in [-0.4, -0.2) is 44.5 Å². The molecule has 0 spiro atoms. The van der Waals surface area contributed by atoms with Crippen LogP contribution in [0.2, 0.25) is 0 Å². The number of benzene rings is 2. The van der Waals surface area contributed by atoms with Crippen molar-refractivity contribution < 1.29 is 19.4 Å². The highest BCUT2D eigenvalue weighted by atomic mass is 16.5. The minimum atomic E-state index is -0.163. The van der Waals surface area contributed by atoms with Gasteiger partial charge in [-0.15, -0.1) is 0 Å². The van der Waals surface area contributed by atoms with Crippen LogP contribution in [0.25, 0.3) is 0 Å². The number of carbonyl (C=O) groups excluding carboxylic acids is 1. The fraction of sp³-hybridized carbons (Fsp3) is 0.300. The van der Waals surface area contributed by atoms with E-state index in [0.29, 0.717) is 24.5 Å².